The van der Waals surface area contributed by atoms with Gasteiger partial charge in [0.25, 0.3) is 0 Å². The van der Waals surface area contributed by atoms with Crippen LogP contribution < -0.4 is 10.6 Å². The standard InChI is InChI=1S/C20H26F3N3O2.ClH/c21-20(22,23)18(26-10-8-24-9-11-26)13-25-19(28)7-6-17(27)16-5-4-14-2-1-3-15(14)12-16;/h4-5,12,18,24H,1-3,6-11,13H2,(H,25,28);1H. The molecule has 3 rings (SSSR count). The Kier molecular flexibility index (Phi) is 8.48. The number of nitrogens with one attached hydrogen (secondary N) is 2. The predicted molar refractivity (Wildman–Crippen MR) is 107 cm³/mol. The van der Waals surface area contributed by atoms with Crippen molar-refractivity contribution >= 4 is 24.1 Å². The Balaban J connectivity index is 0.00000300. The molecular weight excluding hydrogens is 407 g/mol. The second-order valence-electron chi connectivity index (χ2n) is 7.41. The Bertz CT molecular complexity index is 721. The average molecular weight is 434 g/mol. The summed E-state index contributed by atoms with van der Waals surface area (Å²) in [5.74, 6) is -0.682. The minimum Gasteiger partial charge on any atom is -0.354 e. The summed E-state index contributed by atoms with van der Waals surface area (Å²) in [4.78, 5) is 25.7. The van der Waals surface area contributed by atoms with Crippen LogP contribution in [0.5, 0.6) is 0 Å². The first kappa shape index (κ1) is 23.6. The first-order chi connectivity index (χ1) is 13.3. The van der Waals surface area contributed by atoms with Crippen LogP contribution in [-0.2, 0) is 17.6 Å². The molecule has 0 radical (unpaired) electrons. The predicted octanol–water partition coefficient (Wildman–Crippen LogP) is 2.51. The van der Waals surface area contributed by atoms with Crippen LogP contribution in [0.3, 0.4) is 0 Å². The van der Waals surface area contributed by atoms with Crippen LogP contribution in [0.25, 0.3) is 0 Å². The number of aryl methyl sites for hydroxylation is 2. The molecule has 9 heteroatoms. The first-order valence-electron chi connectivity index (χ1n) is 9.78. The second-order valence-corrected chi connectivity index (χ2v) is 7.41. The van der Waals surface area contributed by atoms with Gasteiger partial charge in [0.15, 0.2) is 5.78 Å². The number of amides is 1. The largest absolute Gasteiger partial charge is 0.405 e. The molecule has 1 aromatic rings. The number of halogens is 4. The van der Waals surface area contributed by atoms with Crippen molar-refractivity contribution in [3.8, 4) is 0 Å². The van der Waals surface area contributed by atoms with Gasteiger partial charge in [-0.1, -0.05) is 12.1 Å². The molecule has 1 saturated heterocycles. The summed E-state index contributed by atoms with van der Waals surface area (Å²) in [6, 6.07) is 3.91. The summed E-state index contributed by atoms with van der Waals surface area (Å²) < 4.78 is 40.0. The minimum atomic E-state index is -4.41. The smallest absolute Gasteiger partial charge is 0.354 e. The Morgan fingerprint density at radius 2 is 1.79 bits per heavy atom. The van der Waals surface area contributed by atoms with Crippen LogP contribution in [0.15, 0.2) is 18.2 Å². The van der Waals surface area contributed by atoms with E-state index in [9.17, 15) is 22.8 Å². The van der Waals surface area contributed by atoms with Gasteiger partial charge in [0.2, 0.25) is 5.91 Å². The third-order valence-corrected chi connectivity index (χ3v) is 5.46. The Morgan fingerprint density at radius 1 is 1.10 bits per heavy atom. The maximum Gasteiger partial charge on any atom is 0.405 e. The van der Waals surface area contributed by atoms with Gasteiger partial charge in [-0.25, -0.2) is 0 Å². The Morgan fingerprint density at radius 3 is 2.48 bits per heavy atom. The summed E-state index contributed by atoms with van der Waals surface area (Å²) in [5, 5.41) is 5.38. The number of fused-ring (bicyclic) bond motifs is 1. The average Bonchev–Trinajstić information content (AvgIpc) is 3.14. The second kappa shape index (κ2) is 10.4. The maximum atomic E-state index is 13.3. The van der Waals surface area contributed by atoms with E-state index in [0.717, 1.165) is 19.3 Å². The maximum absolute atomic E-state index is 13.3. The fourth-order valence-corrected chi connectivity index (χ4v) is 3.86. The lowest BCUT2D eigenvalue weighted by molar-refractivity contribution is -0.184. The van der Waals surface area contributed by atoms with Crippen molar-refractivity contribution in [2.75, 3.05) is 32.7 Å². The van der Waals surface area contributed by atoms with E-state index in [0.29, 0.717) is 18.7 Å². The molecule has 2 aliphatic rings. The van der Waals surface area contributed by atoms with E-state index in [1.54, 1.807) is 6.07 Å². The minimum absolute atomic E-state index is 0. The fraction of sp³-hybridized carbons (Fsp3) is 0.600. The summed E-state index contributed by atoms with van der Waals surface area (Å²) in [6.07, 6.45) is -1.45. The molecule has 5 nitrogen and oxygen atoms in total. The molecule has 0 saturated carbocycles. The zero-order valence-corrected chi connectivity index (χ0v) is 17.0. The summed E-state index contributed by atoms with van der Waals surface area (Å²) >= 11 is 0. The monoisotopic (exact) mass is 433 g/mol. The number of rotatable bonds is 7. The van der Waals surface area contributed by atoms with Gasteiger partial charge in [-0.2, -0.15) is 13.2 Å². The fourth-order valence-electron chi connectivity index (χ4n) is 3.86. The highest BCUT2D eigenvalue weighted by Gasteiger charge is 2.43. The lowest BCUT2D eigenvalue weighted by Crippen LogP contribution is -2.57. The van der Waals surface area contributed by atoms with Crippen molar-refractivity contribution in [1.29, 1.82) is 0 Å². The number of carbonyl (C=O) groups is 2. The van der Waals surface area contributed by atoms with Crippen molar-refractivity contribution in [1.82, 2.24) is 15.5 Å². The van der Waals surface area contributed by atoms with Crippen LogP contribution >= 0.6 is 12.4 Å². The van der Waals surface area contributed by atoms with Gasteiger partial charge >= 0.3 is 6.18 Å². The Hall–Kier alpha value is -1.64. The van der Waals surface area contributed by atoms with E-state index in [2.05, 4.69) is 10.6 Å². The number of hydrogen-bond donors (Lipinski definition) is 2. The number of Topliss-reactive ketones (excluding diaryl/α,β-unsaturated/α-hetero) is 1. The highest BCUT2D eigenvalue weighted by atomic mass is 35.5. The molecule has 1 fully saturated rings. The van der Waals surface area contributed by atoms with Gasteiger partial charge in [0, 0.05) is 51.1 Å². The van der Waals surface area contributed by atoms with Gasteiger partial charge < -0.3 is 10.6 Å². The van der Waals surface area contributed by atoms with Gasteiger partial charge in [0.05, 0.1) is 0 Å². The lowest BCUT2D eigenvalue weighted by Gasteiger charge is -2.35. The molecule has 2 N–H and O–H groups in total. The molecule has 0 aromatic heterocycles. The number of piperazine rings is 1. The van der Waals surface area contributed by atoms with E-state index in [1.165, 1.54) is 16.0 Å². The highest BCUT2D eigenvalue weighted by Crippen LogP contribution is 2.25. The van der Waals surface area contributed by atoms with E-state index in [1.807, 2.05) is 12.1 Å². The summed E-state index contributed by atoms with van der Waals surface area (Å²) in [5.41, 5.74) is 3.02. The molecule has 29 heavy (non-hydrogen) atoms. The number of hydrogen-bond acceptors (Lipinski definition) is 4. The zero-order valence-electron chi connectivity index (χ0n) is 16.2. The topological polar surface area (TPSA) is 61.4 Å². The third kappa shape index (κ3) is 6.42. The number of nitrogens with zero attached hydrogens (tertiary/aromatic N) is 1. The van der Waals surface area contributed by atoms with Gasteiger partial charge in [-0.05, 0) is 36.5 Å². The van der Waals surface area contributed by atoms with E-state index >= 15 is 0 Å². The summed E-state index contributed by atoms with van der Waals surface area (Å²) in [7, 11) is 0. The van der Waals surface area contributed by atoms with Gasteiger partial charge in [0.1, 0.15) is 6.04 Å². The lowest BCUT2D eigenvalue weighted by atomic mass is 10.0. The molecule has 1 atom stereocenters. The third-order valence-electron chi connectivity index (χ3n) is 5.46. The molecule has 0 bridgehead atoms. The SMILES string of the molecule is Cl.O=C(CCC(=O)c1ccc2c(c1)CCC2)NCC(N1CCNCC1)C(F)(F)F. The molecule has 162 valence electrons. The number of alkyl halides is 3. The van der Waals surface area contributed by atoms with Gasteiger partial charge in [-0.3, -0.25) is 14.5 Å². The first-order valence-corrected chi connectivity index (χ1v) is 9.78. The van der Waals surface area contributed by atoms with Crippen molar-refractivity contribution < 1.29 is 22.8 Å². The van der Waals surface area contributed by atoms with Crippen molar-refractivity contribution in [2.24, 2.45) is 0 Å². The highest BCUT2D eigenvalue weighted by molar-refractivity contribution is 5.98. The van der Waals surface area contributed by atoms with E-state index < -0.39 is 24.7 Å². The van der Waals surface area contributed by atoms with Gasteiger partial charge in [-0.15, -0.1) is 12.4 Å². The molecule has 1 heterocycles. The van der Waals surface area contributed by atoms with Crippen molar-refractivity contribution in [3.63, 3.8) is 0 Å². The molecular formula is C20H27ClF3N3O2. The van der Waals surface area contributed by atoms with Crippen LogP contribution in [0.4, 0.5) is 13.2 Å². The van der Waals surface area contributed by atoms with E-state index in [4.69, 9.17) is 0 Å². The normalized spacial score (nSPS) is 17.9. The molecule has 1 unspecified atom stereocenters. The Labute approximate surface area is 174 Å². The number of benzene rings is 1. The molecule has 1 amide bonds. The zero-order chi connectivity index (χ0) is 20.1. The number of carbonyl (C=O) groups excluding carboxylic acids is 2. The molecule has 1 aliphatic carbocycles. The summed E-state index contributed by atoms with van der Waals surface area (Å²) in [6.45, 7) is 1.08. The molecule has 1 aliphatic heterocycles. The van der Waals surface area contributed by atoms with Crippen molar-refractivity contribution in [2.45, 2.75) is 44.3 Å². The van der Waals surface area contributed by atoms with E-state index in [-0.39, 0.29) is 44.1 Å². The molecule has 1 aromatic carbocycles. The van der Waals surface area contributed by atoms with Crippen LogP contribution in [0.1, 0.15) is 40.7 Å². The van der Waals surface area contributed by atoms with Crippen LogP contribution in [0.2, 0.25) is 0 Å². The van der Waals surface area contributed by atoms with Crippen molar-refractivity contribution in [3.05, 3.63) is 34.9 Å². The van der Waals surface area contributed by atoms with Crippen LogP contribution in [-0.4, -0.2) is 61.5 Å². The van der Waals surface area contributed by atoms with Crippen LogP contribution in [0, 0.1) is 0 Å². The number of ketones is 1. The molecule has 0 spiro atoms. The quantitative estimate of drug-likeness (QED) is 0.649.